The third-order valence-corrected chi connectivity index (χ3v) is 5.48. The fourth-order valence-corrected chi connectivity index (χ4v) is 3.94. The number of rotatable bonds is 7. The summed E-state index contributed by atoms with van der Waals surface area (Å²) in [6, 6.07) is 28.1. The van der Waals surface area contributed by atoms with Gasteiger partial charge in [-0.15, -0.1) is 0 Å². The number of benzene rings is 3. The molecule has 3 heteroatoms. The lowest BCUT2D eigenvalue weighted by Crippen LogP contribution is -2.31. The molecule has 29 heavy (non-hydrogen) atoms. The van der Waals surface area contributed by atoms with Crippen molar-refractivity contribution < 1.29 is 4.39 Å². The van der Waals surface area contributed by atoms with Gasteiger partial charge >= 0.3 is 0 Å². The summed E-state index contributed by atoms with van der Waals surface area (Å²) >= 11 is 0. The first-order valence-corrected chi connectivity index (χ1v) is 10.3. The van der Waals surface area contributed by atoms with E-state index in [1.54, 1.807) is 12.1 Å². The van der Waals surface area contributed by atoms with Gasteiger partial charge in [0.15, 0.2) is 0 Å². The van der Waals surface area contributed by atoms with Crippen LogP contribution in [0.2, 0.25) is 0 Å². The van der Waals surface area contributed by atoms with E-state index < -0.39 is 0 Å². The minimum absolute atomic E-state index is 0.159. The molecule has 0 spiro atoms. The van der Waals surface area contributed by atoms with Crippen LogP contribution in [0.15, 0.2) is 91.0 Å². The molecule has 4 rings (SSSR count). The zero-order chi connectivity index (χ0) is 19.9. The maximum atomic E-state index is 13.5. The first-order chi connectivity index (χ1) is 14.3. The number of anilines is 2. The predicted octanol–water partition coefficient (Wildman–Crippen LogP) is 6.14. The van der Waals surface area contributed by atoms with E-state index in [-0.39, 0.29) is 5.82 Å². The second-order valence-corrected chi connectivity index (χ2v) is 7.47. The molecule has 1 heterocycles. The first kappa shape index (κ1) is 19.4. The van der Waals surface area contributed by atoms with Crippen LogP contribution in [0, 0.1) is 5.82 Å². The van der Waals surface area contributed by atoms with Crippen molar-refractivity contribution in [1.82, 2.24) is 4.90 Å². The second kappa shape index (κ2) is 9.53. The van der Waals surface area contributed by atoms with Crippen LogP contribution in [-0.4, -0.2) is 31.1 Å². The molecule has 0 aromatic heterocycles. The molecule has 0 amide bonds. The van der Waals surface area contributed by atoms with Gasteiger partial charge in [-0.2, -0.15) is 0 Å². The zero-order valence-corrected chi connectivity index (χ0v) is 16.7. The third-order valence-electron chi connectivity index (χ3n) is 5.48. The molecular formula is C26H27FN2. The van der Waals surface area contributed by atoms with Gasteiger partial charge in [0.25, 0.3) is 0 Å². The van der Waals surface area contributed by atoms with Crippen molar-refractivity contribution >= 4 is 16.9 Å². The molecule has 2 nitrogen and oxygen atoms in total. The Balaban J connectivity index is 1.35. The van der Waals surface area contributed by atoms with Crippen LogP contribution < -0.4 is 4.90 Å². The Kier molecular flexibility index (Phi) is 6.38. The van der Waals surface area contributed by atoms with E-state index in [4.69, 9.17) is 0 Å². The van der Waals surface area contributed by atoms with Crippen molar-refractivity contribution in [3.05, 3.63) is 102 Å². The van der Waals surface area contributed by atoms with E-state index in [2.05, 4.69) is 76.5 Å². The molecule has 0 aliphatic carbocycles. The van der Waals surface area contributed by atoms with E-state index in [9.17, 15) is 4.39 Å². The first-order valence-electron chi connectivity index (χ1n) is 10.3. The van der Waals surface area contributed by atoms with Crippen LogP contribution in [0.4, 0.5) is 15.8 Å². The Bertz CT molecular complexity index is 898. The number of nitrogens with zero attached hydrogens (tertiary/aromatic N) is 2. The van der Waals surface area contributed by atoms with Crippen molar-refractivity contribution in [3.8, 4) is 0 Å². The van der Waals surface area contributed by atoms with Crippen LogP contribution in [0.1, 0.15) is 18.4 Å². The van der Waals surface area contributed by atoms with E-state index in [0.717, 1.165) is 44.6 Å². The number of halogens is 1. The summed E-state index contributed by atoms with van der Waals surface area (Å²) in [5, 5.41) is 0. The Morgan fingerprint density at radius 2 is 1.52 bits per heavy atom. The molecule has 0 saturated carbocycles. The minimum atomic E-state index is -0.159. The lowest BCUT2D eigenvalue weighted by Gasteiger charge is -2.29. The predicted molar refractivity (Wildman–Crippen MR) is 120 cm³/mol. The fourth-order valence-electron chi connectivity index (χ4n) is 3.94. The molecule has 0 N–H and O–H groups in total. The standard InChI is InChI=1S/C26H27FN2/c27-24-10-7-9-23(21-24)22-15-19-28(20-16-22)17-8-18-29(25-11-3-1-4-12-25)26-13-5-2-6-14-26/h1-7,9-15,21H,8,16-20H2. The molecule has 3 aromatic carbocycles. The smallest absolute Gasteiger partial charge is 0.123 e. The van der Waals surface area contributed by atoms with Gasteiger partial charge < -0.3 is 4.90 Å². The SMILES string of the molecule is Fc1cccc(C2=CCN(CCCN(c3ccccc3)c3ccccc3)CC2)c1. The molecule has 0 fully saturated rings. The average Bonchev–Trinajstić information content (AvgIpc) is 2.78. The molecule has 0 bridgehead atoms. The summed E-state index contributed by atoms with van der Waals surface area (Å²) in [6.45, 7) is 4.00. The van der Waals surface area contributed by atoms with Crippen molar-refractivity contribution in [3.63, 3.8) is 0 Å². The second-order valence-electron chi connectivity index (χ2n) is 7.47. The average molecular weight is 387 g/mol. The summed E-state index contributed by atoms with van der Waals surface area (Å²) in [4.78, 5) is 4.87. The lowest BCUT2D eigenvalue weighted by atomic mass is 9.99. The van der Waals surface area contributed by atoms with Crippen molar-refractivity contribution in [2.75, 3.05) is 31.1 Å². The number of hydrogen-bond acceptors (Lipinski definition) is 2. The summed E-state index contributed by atoms with van der Waals surface area (Å²) in [7, 11) is 0. The van der Waals surface area contributed by atoms with E-state index >= 15 is 0 Å². The van der Waals surface area contributed by atoms with Gasteiger partial charge in [-0.25, -0.2) is 4.39 Å². The molecule has 1 aliphatic rings. The molecule has 148 valence electrons. The highest BCUT2D eigenvalue weighted by atomic mass is 19.1. The van der Waals surface area contributed by atoms with Crippen LogP contribution >= 0.6 is 0 Å². The third kappa shape index (κ3) is 5.12. The molecular weight excluding hydrogens is 359 g/mol. The fraction of sp³-hybridized carbons (Fsp3) is 0.231. The highest BCUT2D eigenvalue weighted by Crippen LogP contribution is 2.26. The van der Waals surface area contributed by atoms with Crippen LogP contribution in [-0.2, 0) is 0 Å². The Morgan fingerprint density at radius 1 is 0.828 bits per heavy atom. The van der Waals surface area contributed by atoms with Gasteiger partial charge in [-0.05, 0) is 60.4 Å². The Hall–Kier alpha value is -2.91. The van der Waals surface area contributed by atoms with Crippen LogP contribution in [0.3, 0.4) is 0 Å². The summed E-state index contributed by atoms with van der Waals surface area (Å²) in [6.07, 6.45) is 4.32. The molecule has 0 atom stereocenters. The largest absolute Gasteiger partial charge is 0.341 e. The van der Waals surface area contributed by atoms with Gasteiger partial charge in [0, 0.05) is 37.6 Å². The highest BCUT2D eigenvalue weighted by molar-refractivity contribution is 5.66. The lowest BCUT2D eigenvalue weighted by molar-refractivity contribution is 0.299. The van der Waals surface area contributed by atoms with Crippen molar-refractivity contribution in [1.29, 1.82) is 0 Å². The Labute approximate surface area is 172 Å². The highest BCUT2D eigenvalue weighted by Gasteiger charge is 2.14. The summed E-state index contributed by atoms with van der Waals surface area (Å²) in [5.41, 5.74) is 4.73. The van der Waals surface area contributed by atoms with E-state index in [0.29, 0.717) is 0 Å². The van der Waals surface area contributed by atoms with Gasteiger partial charge in [-0.1, -0.05) is 54.6 Å². The molecule has 3 aromatic rings. The van der Waals surface area contributed by atoms with Crippen LogP contribution in [0.5, 0.6) is 0 Å². The Morgan fingerprint density at radius 3 is 2.10 bits per heavy atom. The van der Waals surface area contributed by atoms with Gasteiger partial charge in [0.2, 0.25) is 0 Å². The van der Waals surface area contributed by atoms with E-state index in [1.807, 2.05) is 6.07 Å². The quantitative estimate of drug-likeness (QED) is 0.481. The normalized spacial score (nSPS) is 14.4. The number of para-hydroxylation sites is 2. The number of hydrogen-bond donors (Lipinski definition) is 0. The van der Waals surface area contributed by atoms with Gasteiger partial charge in [0.05, 0.1) is 0 Å². The van der Waals surface area contributed by atoms with Crippen molar-refractivity contribution in [2.45, 2.75) is 12.8 Å². The topological polar surface area (TPSA) is 6.48 Å². The monoisotopic (exact) mass is 386 g/mol. The van der Waals surface area contributed by atoms with Crippen molar-refractivity contribution in [2.24, 2.45) is 0 Å². The summed E-state index contributed by atoms with van der Waals surface area (Å²) in [5.74, 6) is -0.159. The minimum Gasteiger partial charge on any atom is -0.341 e. The molecule has 0 unspecified atom stereocenters. The zero-order valence-electron chi connectivity index (χ0n) is 16.7. The maximum absolute atomic E-state index is 13.5. The molecule has 0 radical (unpaired) electrons. The van der Waals surface area contributed by atoms with Gasteiger partial charge in [-0.3, -0.25) is 4.90 Å². The summed E-state index contributed by atoms with van der Waals surface area (Å²) < 4.78 is 13.5. The van der Waals surface area contributed by atoms with Crippen LogP contribution in [0.25, 0.3) is 5.57 Å². The molecule has 0 saturated heterocycles. The van der Waals surface area contributed by atoms with E-state index in [1.165, 1.54) is 23.0 Å². The maximum Gasteiger partial charge on any atom is 0.123 e. The molecule has 1 aliphatic heterocycles. The van der Waals surface area contributed by atoms with Gasteiger partial charge in [0.1, 0.15) is 5.82 Å².